The van der Waals surface area contributed by atoms with Crippen molar-refractivity contribution in [3.8, 4) is 0 Å². The molecule has 2 rings (SSSR count). The molecule has 1 aliphatic carbocycles. The Morgan fingerprint density at radius 1 is 1.40 bits per heavy atom. The van der Waals surface area contributed by atoms with Crippen molar-refractivity contribution in [1.29, 1.82) is 0 Å². The molecule has 1 N–H and O–H groups in total. The second kappa shape index (κ2) is 2.39. The minimum atomic E-state index is 0.828. The van der Waals surface area contributed by atoms with Gasteiger partial charge in [-0.05, 0) is 37.6 Å². The summed E-state index contributed by atoms with van der Waals surface area (Å²) in [5.74, 6) is 1.76. The average Bonchev–Trinajstić information content (AvgIpc) is 2.36. The van der Waals surface area contributed by atoms with E-state index in [1.165, 1.54) is 37.9 Å². The van der Waals surface area contributed by atoms with Gasteiger partial charge in [0, 0.05) is 6.54 Å². The molecule has 1 heterocycles. The van der Waals surface area contributed by atoms with Crippen LogP contribution in [0.4, 0.5) is 0 Å². The van der Waals surface area contributed by atoms with Gasteiger partial charge in [0.2, 0.25) is 0 Å². The van der Waals surface area contributed by atoms with Gasteiger partial charge >= 0.3 is 0 Å². The van der Waals surface area contributed by atoms with Crippen LogP contribution in [0.1, 0.15) is 19.3 Å². The maximum absolute atomic E-state index is 4.12. The van der Waals surface area contributed by atoms with Gasteiger partial charge in [-0.15, -0.1) is 0 Å². The summed E-state index contributed by atoms with van der Waals surface area (Å²) >= 11 is 0. The lowest BCUT2D eigenvalue weighted by molar-refractivity contribution is 0.376. The molecule has 1 saturated carbocycles. The molecule has 2 unspecified atom stereocenters. The Labute approximate surface area is 62.5 Å². The van der Waals surface area contributed by atoms with E-state index in [1.54, 1.807) is 0 Å². The Morgan fingerprint density at radius 3 is 3.10 bits per heavy atom. The number of rotatable bonds is 0. The Morgan fingerprint density at radius 2 is 2.30 bits per heavy atom. The highest BCUT2D eigenvalue weighted by atomic mass is 14.9. The molecule has 0 amide bonds. The van der Waals surface area contributed by atoms with E-state index < -0.39 is 0 Å². The fourth-order valence-corrected chi connectivity index (χ4v) is 2.29. The highest BCUT2D eigenvalue weighted by Crippen LogP contribution is 2.35. The quantitative estimate of drug-likeness (QED) is 0.500. The average molecular weight is 137 g/mol. The van der Waals surface area contributed by atoms with Crippen molar-refractivity contribution in [1.82, 2.24) is 5.32 Å². The Balaban J connectivity index is 2.10. The third-order valence-electron chi connectivity index (χ3n) is 2.94. The summed E-state index contributed by atoms with van der Waals surface area (Å²) in [4.78, 5) is 0. The molecule has 1 aliphatic heterocycles. The summed E-state index contributed by atoms with van der Waals surface area (Å²) in [7, 11) is 0. The van der Waals surface area contributed by atoms with Crippen LogP contribution in [0, 0.1) is 11.8 Å². The molecule has 0 spiro atoms. The monoisotopic (exact) mass is 137 g/mol. The fraction of sp³-hybridized carbons (Fsp3) is 0.778. The third-order valence-corrected chi connectivity index (χ3v) is 2.94. The zero-order valence-corrected chi connectivity index (χ0v) is 6.40. The first-order chi connectivity index (χ1) is 4.88. The summed E-state index contributed by atoms with van der Waals surface area (Å²) in [5, 5.41) is 3.43. The Hall–Kier alpha value is -0.300. The van der Waals surface area contributed by atoms with Gasteiger partial charge in [0.1, 0.15) is 0 Å². The van der Waals surface area contributed by atoms with Gasteiger partial charge in [-0.1, -0.05) is 12.2 Å². The molecule has 1 heteroatoms. The van der Waals surface area contributed by atoms with E-state index in [0.29, 0.717) is 0 Å². The molecule has 0 aromatic heterocycles. The second-order valence-electron chi connectivity index (χ2n) is 3.58. The van der Waals surface area contributed by atoms with Crippen molar-refractivity contribution in [3.05, 3.63) is 12.2 Å². The molecule has 10 heavy (non-hydrogen) atoms. The highest BCUT2D eigenvalue weighted by Gasteiger charge is 2.31. The molecule has 2 atom stereocenters. The zero-order chi connectivity index (χ0) is 6.97. The predicted octanol–water partition coefficient (Wildman–Crippen LogP) is 1.56. The van der Waals surface area contributed by atoms with Crippen LogP contribution in [-0.4, -0.2) is 13.1 Å². The van der Waals surface area contributed by atoms with Crippen LogP contribution < -0.4 is 5.32 Å². The molecule has 0 bridgehead atoms. The maximum atomic E-state index is 4.12. The fourth-order valence-electron chi connectivity index (χ4n) is 2.29. The number of hydrogen-bond acceptors (Lipinski definition) is 1. The lowest BCUT2D eigenvalue weighted by Gasteiger charge is -2.26. The summed E-state index contributed by atoms with van der Waals surface area (Å²) < 4.78 is 0. The highest BCUT2D eigenvalue weighted by molar-refractivity contribution is 5.09. The summed E-state index contributed by atoms with van der Waals surface area (Å²) in [6, 6.07) is 0. The normalized spacial score (nSPS) is 39.8. The molecular weight excluding hydrogens is 122 g/mol. The standard InChI is InChI=1S/C9H15N/c1-7-3-2-4-8-5-10-6-9(7)8/h8-10H,1-6H2. The van der Waals surface area contributed by atoms with Crippen molar-refractivity contribution in [2.75, 3.05) is 13.1 Å². The van der Waals surface area contributed by atoms with Crippen molar-refractivity contribution >= 4 is 0 Å². The van der Waals surface area contributed by atoms with Crippen LogP contribution in [-0.2, 0) is 0 Å². The minimum Gasteiger partial charge on any atom is -0.316 e. The van der Waals surface area contributed by atoms with Gasteiger partial charge in [0.05, 0.1) is 0 Å². The summed E-state index contributed by atoms with van der Waals surface area (Å²) in [5.41, 5.74) is 1.50. The van der Waals surface area contributed by atoms with Crippen LogP contribution in [0.25, 0.3) is 0 Å². The van der Waals surface area contributed by atoms with Crippen molar-refractivity contribution < 1.29 is 0 Å². The molecule has 0 aromatic rings. The van der Waals surface area contributed by atoms with Gasteiger partial charge < -0.3 is 5.32 Å². The maximum Gasteiger partial charge on any atom is 0.00200 e. The molecular formula is C9H15N. The smallest absolute Gasteiger partial charge is 0.00200 e. The minimum absolute atomic E-state index is 0.828. The first kappa shape index (κ1) is 6.41. The number of nitrogens with one attached hydrogen (secondary N) is 1. The Bertz CT molecular complexity index is 151. The van der Waals surface area contributed by atoms with E-state index in [1.807, 2.05) is 0 Å². The summed E-state index contributed by atoms with van der Waals surface area (Å²) in [6.07, 6.45) is 4.08. The topological polar surface area (TPSA) is 12.0 Å². The van der Waals surface area contributed by atoms with Crippen LogP contribution in [0.5, 0.6) is 0 Å². The van der Waals surface area contributed by atoms with Gasteiger partial charge in [0.15, 0.2) is 0 Å². The molecule has 0 aromatic carbocycles. The van der Waals surface area contributed by atoms with E-state index >= 15 is 0 Å². The van der Waals surface area contributed by atoms with E-state index in [-0.39, 0.29) is 0 Å². The van der Waals surface area contributed by atoms with Crippen LogP contribution in [0.3, 0.4) is 0 Å². The van der Waals surface area contributed by atoms with E-state index in [4.69, 9.17) is 0 Å². The van der Waals surface area contributed by atoms with Crippen molar-refractivity contribution in [3.63, 3.8) is 0 Å². The molecule has 1 nitrogen and oxygen atoms in total. The lowest BCUT2D eigenvalue weighted by Crippen LogP contribution is -2.18. The van der Waals surface area contributed by atoms with Gasteiger partial charge in [-0.25, -0.2) is 0 Å². The molecule has 2 fully saturated rings. The van der Waals surface area contributed by atoms with Crippen molar-refractivity contribution in [2.24, 2.45) is 11.8 Å². The van der Waals surface area contributed by atoms with Gasteiger partial charge in [-0.3, -0.25) is 0 Å². The van der Waals surface area contributed by atoms with E-state index in [0.717, 1.165) is 11.8 Å². The SMILES string of the molecule is C=C1CCCC2CNCC12. The summed E-state index contributed by atoms with van der Waals surface area (Å²) in [6.45, 7) is 6.55. The number of hydrogen-bond donors (Lipinski definition) is 1. The molecule has 2 aliphatic rings. The third kappa shape index (κ3) is 0.891. The predicted molar refractivity (Wildman–Crippen MR) is 42.8 cm³/mol. The van der Waals surface area contributed by atoms with Gasteiger partial charge in [0.25, 0.3) is 0 Å². The molecule has 1 saturated heterocycles. The largest absolute Gasteiger partial charge is 0.316 e. The second-order valence-corrected chi connectivity index (χ2v) is 3.58. The van der Waals surface area contributed by atoms with Gasteiger partial charge in [-0.2, -0.15) is 0 Å². The van der Waals surface area contributed by atoms with Crippen LogP contribution in [0.2, 0.25) is 0 Å². The lowest BCUT2D eigenvalue weighted by atomic mass is 9.79. The molecule has 56 valence electrons. The zero-order valence-electron chi connectivity index (χ0n) is 6.40. The molecule has 0 radical (unpaired) electrons. The van der Waals surface area contributed by atoms with Crippen LogP contribution in [0.15, 0.2) is 12.2 Å². The first-order valence-corrected chi connectivity index (χ1v) is 4.26. The number of fused-ring (bicyclic) bond motifs is 1. The Kier molecular flexibility index (Phi) is 1.53. The van der Waals surface area contributed by atoms with E-state index in [9.17, 15) is 0 Å². The van der Waals surface area contributed by atoms with Crippen LogP contribution >= 0.6 is 0 Å². The van der Waals surface area contributed by atoms with Crippen molar-refractivity contribution in [2.45, 2.75) is 19.3 Å². The van der Waals surface area contributed by atoms with E-state index in [2.05, 4.69) is 11.9 Å². The first-order valence-electron chi connectivity index (χ1n) is 4.26.